The molecular formula is C60H109N15O8S2. The Morgan fingerprint density at radius 3 is 1.95 bits per heavy atom. The average Bonchev–Trinajstić information content (AvgIpc) is 4.26. The lowest BCUT2D eigenvalue weighted by atomic mass is 9.96. The van der Waals surface area contributed by atoms with Crippen LogP contribution in [0.3, 0.4) is 0 Å². The molecule has 0 radical (unpaired) electrons. The van der Waals surface area contributed by atoms with Crippen molar-refractivity contribution in [3.8, 4) is 0 Å². The number of primary amides is 1. The molecular weight excluding hydrogens is 1120 g/mol. The molecule has 0 aliphatic carbocycles. The van der Waals surface area contributed by atoms with Crippen LogP contribution in [-0.4, -0.2) is 288 Å². The number of nitrogens with two attached hydrogens (primary N) is 1. The normalized spacial score (nSPS) is 23.8. The van der Waals surface area contributed by atoms with Crippen LogP contribution in [0, 0.1) is 11.8 Å². The number of anilines is 1. The van der Waals surface area contributed by atoms with Gasteiger partial charge in [0.05, 0.1) is 31.2 Å². The highest BCUT2D eigenvalue weighted by Gasteiger charge is 2.24. The number of hydrogen-bond donors (Lipinski definition) is 5. The minimum atomic E-state index is -0.946. The molecule has 7 aliphatic heterocycles. The maximum absolute atomic E-state index is 12.0. The summed E-state index contributed by atoms with van der Waals surface area (Å²) in [5.74, 6) is 2.66. The van der Waals surface area contributed by atoms with Crippen LogP contribution >= 0.6 is 23.1 Å². The molecule has 9 rings (SSSR count). The largest absolute Gasteiger partial charge is 0.481 e. The fourth-order valence-corrected chi connectivity index (χ4v) is 13.0. The molecule has 7 fully saturated rings. The van der Waals surface area contributed by atoms with Crippen LogP contribution in [0.15, 0.2) is 24.1 Å². The van der Waals surface area contributed by atoms with Crippen LogP contribution in [0.4, 0.5) is 9.80 Å². The first kappa shape index (κ1) is 73.0. The maximum Gasteiger partial charge on any atom is 0.323 e. The zero-order chi connectivity index (χ0) is 61.9. The molecule has 85 heavy (non-hydrogen) atoms. The number of likely N-dealkylation sites (tertiary alicyclic amines) is 4. The molecule has 6 N–H and O–H groups in total. The Labute approximate surface area is 517 Å². The summed E-state index contributed by atoms with van der Waals surface area (Å²) in [6, 6.07) is -0.114. The van der Waals surface area contributed by atoms with Crippen molar-refractivity contribution in [1.29, 1.82) is 0 Å². The summed E-state index contributed by atoms with van der Waals surface area (Å²) in [7, 11) is 12.6. The number of imidazole rings is 1. The Balaban J connectivity index is 0.000000220. The molecule has 23 nitrogen and oxygen atoms in total. The number of thioether (sulfide) groups is 1. The first-order valence-electron chi connectivity index (χ1n) is 31.4. The topological polar surface area (TPSA) is 253 Å². The summed E-state index contributed by atoms with van der Waals surface area (Å²) >= 11 is 3.25. The number of carboxylic acids is 2. The zero-order valence-electron chi connectivity index (χ0n) is 52.9. The third-order valence-corrected chi connectivity index (χ3v) is 18.7. The number of likely N-dealkylation sites (N-methyl/N-ethyl adjacent to an activating group) is 2. The molecule has 7 saturated heterocycles. The summed E-state index contributed by atoms with van der Waals surface area (Å²) in [6.07, 6.45) is 23.0. The quantitative estimate of drug-likeness (QED) is 0.197. The van der Waals surface area contributed by atoms with Crippen molar-refractivity contribution in [2.75, 3.05) is 177 Å². The maximum atomic E-state index is 12.0. The van der Waals surface area contributed by atoms with Gasteiger partial charge in [-0.05, 0) is 189 Å². The zero-order valence-corrected chi connectivity index (χ0v) is 54.5. The number of carboxylic acid groups (broad SMARTS) is 2. The van der Waals surface area contributed by atoms with Gasteiger partial charge >= 0.3 is 18.0 Å². The Kier molecular flexibility index (Phi) is 35.8. The Morgan fingerprint density at radius 2 is 1.27 bits per heavy atom. The van der Waals surface area contributed by atoms with Gasteiger partial charge in [0.2, 0.25) is 17.7 Å². The molecule has 0 bridgehead atoms. The summed E-state index contributed by atoms with van der Waals surface area (Å²) in [6.45, 7) is 20.4. The minimum absolute atomic E-state index is 0.0632. The van der Waals surface area contributed by atoms with Gasteiger partial charge in [-0.2, -0.15) is 11.8 Å². The van der Waals surface area contributed by atoms with E-state index in [1.54, 1.807) is 23.5 Å². The number of hydrogen-bond acceptors (Lipinski definition) is 17. The molecule has 0 aromatic carbocycles. The third-order valence-electron chi connectivity index (χ3n) is 16.8. The monoisotopic (exact) mass is 1230 g/mol. The molecule has 2 aromatic heterocycles. The SMILES string of the molecule is CC1CCCN(CC(=O)Nc2cncs2)CC1.CN1CCC(=O)N(CC(=O)O)CC1.CN1CCCC(Cc2nccn2C)CC1.CN1CCCC(NC(N)=O)CC1.CN1CCCN(CC(=O)N2CCCC2)CC1.CN1CCSC(CC(=O)O)CC1. The summed E-state index contributed by atoms with van der Waals surface area (Å²) < 4.78 is 2.15. The standard InChI is InChI=1S/C12H19N3OS.C12H23N3O.C12H21N3.C8H17N3O.C8H14N2O3.C8H15NO2S/c1-10-3-2-5-15(6-4-10)8-11(16)14-12-7-13-9-17-12;1-13-5-4-6-14(10-9-13)11-12(16)15-7-2-3-8-15;1-14-7-3-4-11(5-8-14)10-12-13-6-9-15(12)2;1-11-5-2-3-7(4-6-11)10-8(9)12;1-9-3-2-7(11)10(5-4-9)6-8(12)13;1-9-3-2-7(6-8(10)11)12-5-4-9/h7,9-10H,2-6,8H2,1H3,(H,14,16);2-11H2,1H3;6,9,11H,3-5,7-8,10H2,1-2H3;7H,2-6H2,1H3,(H3,9,10,12);2-6H2,1H3,(H,12,13);7H,2-6H2,1H3,(H,10,11). The Hall–Kier alpha value is -4.47. The molecule has 25 heteroatoms. The predicted octanol–water partition coefficient (Wildman–Crippen LogP) is 4.42. The first-order valence-corrected chi connectivity index (χ1v) is 33.3. The van der Waals surface area contributed by atoms with E-state index < -0.39 is 18.0 Å². The number of aromatic nitrogens is 3. The van der Waals surface area contributed by atoms with Crippen LogP contribution in [0.5, 0.6) is 0 Å². The number of amides is 5. The second-order valence-corrected chi connectivity index (χ2v) is 26.7. The van der Waals surface area contributed by atoms with E-state index in [4.69, 9.17) is 15.9 Å². The lowest BCUT2D eigenvalue weighted by Gasteiger charge is -2.23. The first-order chi connectivity index (χ1) is 40.7. The molecule has 7 aliphatic rings. The van der Waals surface area contributed by atoms with Crippen LogP contribution < -0.4 is 16.4 Å². The molecule has 9 heterocycles. The number of rotatable bonds is 12. The Bertz CT molecular complexity index is 2170. The van der Waals surface area contributed by atoms with Gasteiger partial charge in [0.1, 0.15) is 17.4 Å². The van der Waals surface area contributed by atoms with Crippen molar-refractivity contribution in [1.82, 2.24) is 64.0 Å². The predicted molar refractivity (Wildman–Crippen MR) is 341 cm³/mol. The Morgan fingerprint density at radius 1 is 0.635 bits per heavy atom. The third kappa shape index (κ3) is 32.9. The fraction of sp³-hybridized carbons (Fsp3) is 0.800. The highest BCUT2D eigenvalue weighted by molar-refractivity contribution is 7.99. The van der Waals surface area contributed by atoms with Crippen molar-refractivity contribution in [3.63, 3.8) is 0 Å². The number of aliphatic carboxylic acids is 2. The van der Waals surface area contributed by atoms with Gasteiger partial charge in [-0.15, -0.1) is 11.3 Å². The van der Waals surface area contributed by atoms with E-state index in [0.717, 1.165) is 146 Å². The lowest BCUT2D eigenvalue weighted by molar-refractivity contribution is -0.144. The van der Waals surface area contributed by atoms with E-state index in [0.29, 0.717) is 43.6 Å². The highest BCUT2D eigenvalue weighted by Crippen LogP contribution is 2.23. The number of urea groups is 1. The van der Waals surface area contributed by atoms with Gasteiger partial charge < -0.3 is 65.4 Å². The highest BCUT2D eigenvalue weighted by atomic mass is 32.2. The fourth-order valence-electron chi connectivity index (χ4n) is 11.2. The number of nitrogens with zero attached hydrogens (tertiary/aromatic N) is 12. The van der Waals surface area contributed by atoms with Crippen molar-refractivity contribution in [2.24, 2.45) is 24.6 Å². The van der Waals surface area contributed by atoms with Crippen molar-refractivity contribution in [3.05, 3.63) is 29.9 Å². The van der Waals surface area contributed by atoms with Crippen molar-refractivity contribution < 1.29 is 39.0 Å². The smallest absolute Gasteiger partial charge is 0.323 e. The summed E-state index contributed by atoms with van der Waals surface area (Å²) in [5.41, 5.74) is 6.77. The van der Waals surface area contributed by atoms with E-state index in [2.05, 4.69) is 96.7 Å². The van der Waals surface area contributed by atoms with Gasteiger partial charge in [0.25, 0.3) is 0 Å². The van der Waals surface area contributed by atoms with Gasteiger partial charge in [-0.25, -0.2) is 9.78 Å². The van der Waals surface area contributed by atoms with Crippen LogP contribution in [-0.2, 0) is 37.4 Å². The number of nitrogens with one attached hydrogen (secondary N) is 2. The van der Waals surface area contributed by atoms with Crippen molar-refractivity contribution >= 4 is 63.8 Å². The number of carbonyl (C=O) groups is 6. The van der Waals surface area contributed by atoms with Crippen molar-refractivity contribution in [2.45, 2.75) is 121 Å². The minimum Gasteiger partial charge on any atom is -0.481 e. The molecule has 4 unspecified atom stereocenters. The second kappa shape index (κ2) is 41.6. The molecule has 4 atom stereocenters. The van der Waals surface area contributed by atoms with E-state index in [1.165, 1.54) is 92.9 Å². The average molecular weight is 1230 g/mol. The van der Waals surface area contributed by atoms with Gasteiger partial charge in [0, 0.05) is 102 Å². The number of carbonyl (C=O) groups excluding carboxylic acids is 4. The van der Waals surface area contributed by atoms with E-state index in [1.807, 2.05) is 29.2 Å². The molecule has 0 saturated carbocycles. The molecule has 0 spiro atoms. The lowest BCUT2D eigenvalue weighted by Crippen LogP contribution is -2.40. The van der Waals surface area contributed by atoms with E-state index in [-0.39, 0.29) is 24.4 Å². The van der Waals surface area contributed by atoms with Crippen LogP contribution in [0.2, 0.25) is 0 Å². The summed E-state index contributed by atoms with van der Waals surface area (Å²) in [5, 5.41) is 23.9. The van der Waals surface area contributed by atoms with Gasteiger partial charge in [0.15, 0.2) is 0 Å². The number of aryl methyl sites for hydroxylation is 1. The number of thiazole rings is 1. The molecule has 484 valence electrons. The summed E-state index contributed by atoms with van der Waals surface area (Å²) in [4.78, 5) is 94.2. The van der Waals surface area contributed by atoms with E-state index >= 15 is 0 Å². The van der Waals surface area contributed by atoms with Crippen LogP contribution in [0.1, 0.15) is 109 Å². The van der Waals surface area contributed by atoms with Gasteiger partial charge in [-0.3, -0.25) is 38.8 Å². The molecule has 5 amide bonds. The molecule has 2 aromatic rings. The van der Waals surface area contributed by atoms with E-state index in [9.17, 15) is 28.8 Å². The van der Waals surface area contributed by atoms with Gasteiger partial charge in [-0.1, -0.05) is 6.92 Å². The van der Waals surface area contributed by atoms with Crippen LogP contribution in [0.25, 0.3) is 0 Å². The second-order valence-electron chi connectivity index (χ2n) is 24.4.